The second kappa shape index (κ2) is 6.02. The monoisotopic (exact) mass is 281 g/mol. The average Bonchev–Trinajstić information content (AvgIpc) is 2.35. The molecular formula is C14H19NO3S. The zero-order chi connectivity index (χ0) is 14.6. The Morgan fingerprint density at radius 1 is 1.26 bits per heavy atom. The van der Waals surface area contributed by atoms with E-state index < -0.39 is 15.9 Å². The number of benzene rings is 1. The van der Waals surface area contributed by atoms with E-state index >= 15 is 0 Å². The second-order valence-electron chi connectivity index (χ2n) is 4.48. The van der Waals surface area contributed by atoms with Crippen LogP contribution < -0.4 is 0 Å². The van der Waals surface area contributed by atoms with Gasteiger partial charge in [0, 0.05) is 12.1 Å². The molecule has 0 atom stereocenters. The van der Waals surface area contributed by atoms with Gasteiger partial charge in [0.1, 0.15) is 0 Å². The summed E-state index contributed by atoms with van der Waals surface area (Å²) in [6, 6.07) is 6.45. The lowest BCUT2D eigenvalue weighted by Crippen LogP contribution is -2.37. The first-order valence-electron chi connectivity index (χ1n) is 6.10. The number of sulfonamides is 1. The first kappa shape index (κ1) is 15.4. The van der Waals surface area contributed by atoms with Gasteiger partial charge in [-0.3, -0.25) is 4.79 Å². The van der Waals surface area contributed by atoms with Crippen molar-refractivity contribution >= 4 is 15.9 Å². The molecule has 0 fully saturated rings. The van der Waals surface area contributed by atoms with E-state index in [1.165, 1.54) is 19.1 Å². The van der Waals surface area contributed by atoms with Gasteiger partial charge in [-0.15, -0.1) is 0 Å². The maximum absolute atomic E-state index is 12.4. The fourth-order valence-corrected chi connectivity index (χ4v) is 3.12. The highest BCUT2D eigenvalue weighted by Gasteiger charge is 2.28. The Kier molecular flexibility index (Phi) is 4.89. The van der Waals surface area contributed by atoms with Crippen molar-refractivity contribution in [1.29, 1.82) is 0 Å². The van der Waals surface area contributed by atoms with Crippen LogP contribution in [-0.4, -0.2) is 25.2 Å². The minimum absolute atomic E-state index is 0.126. The molecule has 0 aromatic heterocycles. The van der Waals surface area contributed by atoms with E-state index in [0.717, 1.165) is 9.87 Å². The highest BCUT2D eigenvalue weighted by molar-refractivity contribution is 7.89. The molecule has 1 amide bonds. The van der Waals surface area contributed by atoms with E-state index in [1.54, 1.807) is 12.1 Å². The van der Waals surface area contributed by atoms with Crippen molar-refractivity contribution in [2.24, 2.45) is 0 Å². The molecule has 0 aliphatic heterocycles. The number of aryl methyl sites for hydroxylation is 1. The summed E-state index contributed by atoms with van der Waals surface area (Å²) in [7, 11) is -3.80. The number of nitrogens with zero attached hydrogens (tertiary/aromatic N) is 1. The predicted octanol–water partition coefficient (Wildman–Crippen LogP) is 2.50. The van der Waals surface area contributed by atoms with Gasteiger partial charge in [0.25, 0.3) is 15.9 Å². The van der Waals surface area contributed by atoms with E-state index in [-0.39, 0.29) is 17.0 Å². The number of rotatable bonds is 5. The lowest BCUT2D eigenvalue weighted by Gasteiger charge is -2.22. The van der Waals surface area contributed by atoms with Crippen LogP contribution in [0.25, 0.3) is 0 Å². The van der Waals surface area contributed by atoms with Crippen molar-refractivity contribution in [3.63, 3.8) is 0 Å². The predicted molar refractivity (Wildman–Crippen MR) is 75.2 cm³/mol. The molecule has 5 heteroatoms. The molecule has 104 valence electrons. The number of hydrogen-bond donors (Lipinski definition) is 0. The molecule has 0 spiro atoms. The van der Waals surface area contributed by atoms with Gasteiger partial charge in [0.2, 0.25) is 0 Å². The summed E-state index contributed by atoms with van der Waals surface area (Å²) in [5.41, 5.74) is 1.18. The van der Waals surface area contributed by atoms with Gasteiger partial charge in [-0.25, -0.2) is 12.7 Å². The maximum Gasteiger partial charge on any atom is 0.266 e. The molecule has 0 heterocycles. The normalized spacial score (nSPS) is 11.1. The van der Waals surface area contributed by atoms with E-state index in [2.05, 4.69) is 6.58 Å². The fraction of sp³-hybridized carbons (Fsp3) is 0.357. The minimum Gasteiger partial charge on any atom is -0.268 e. The SMILES string of the molecule is C=C(C)C(=O)N(CCC)S(=O)(=O)c1ccc(C)cc1. The van der Waals surface area contributed by atoms with Crippen molar-refractivity contribution in [1.82, 2.24) is 4.31 Å². The number of carbonyl (C=O) groups excluding carboxylic acids is 1. The third-order valence-electron chi connectivity index (χ3n) is 2.63. The van der Waals surface area contributed by atoms with Gasteiger partial charge < -0.3 is 0 Å². The number of carbonyl (C=O) groups is 1. The summed E-state index contributed by atoms with van der Waals surface area (Å²) in [6.45, 7) is 8.89. The van der Waals surface area contributed by atoms with Crippen LogP contribution in [0.5, 0.6) is 0 Å². The van der Waals surface area contributed by atoms with Crippen LogP contribution in [0.4, 0.5) is 0 Å². The maximum atomic E-state index is 12.4. The van der Waals surface area contributed by atoms with Crippen molar-refractivity contribution in [2.45, 2.75) is 32.1 Å². The molecule has 0 aliphatic carbocycles. The molecule has 0 bridgehead atoms. The Morgan fingerprint density at radius 2 is 1.79 bits per heavy atom. The van der Waals surface area contributed by atoms with E-state index in [4.69, 9.17) is 0 Å². The third-order valence-corrected chi connectivity index (χ3v) is 4.42. The highest BCUT2D eigenvalue weighted by atomic mass is 32.2. The van der Waals surface area contributed by atoms with Crippen molar-refractivity contribution in [3.8, 4) is 0 Å². The Balaban J connectivity index is 3.23. The third kappa shape index (κ3) is 3.44. The Hall–Kier alpha value is -1.62. The standard InChI is InChI=1S/C14H19NO3S/c1-5-10-15(14(16)11(2)3)19(17,18)13-8-6-12(4)7-9-13/h6-9H,2,5,10H2,1,3-4H3. The quantitative estimate of drug-likeness (QED) is 0.779. The smallest absolute Gasteiger partial charge is 0.266 e. The summed E-state index contributed by atoms with van der Waals surface area (Å²) in [5, 5.41) is 0. The van der Waals surface area contributed by atoms with Crippen LogP contribution in [0, 0.1) is 6.92 Å². The molecule has 0 unspecified atom stereocenters. The summed E-state index contributed by atoms with van der Waals surface area (Å²) in [4.78, 5) is 12.1. The molecule has 1 rings (SSSR count). The molecule has 0 N–H and O–H groups in total. The summed E-state index contributed by atoms with van der Waals surface area (Å²) >= 11 is 0. The van der Waals surface area contributed by atoms with Crippen LogP contribution in [0.2, 0.25) is 0 Å². The Labute approximate surface area is 114 Å². The lowest BCUT2D eigenvalue weighted by molar-refractivity contribution is -0.122. The van der Waals surface area contributed by atoms with Crippen molar-refractivity contribution in [3.05, 3.63) is 42.0 Å². The molecule has 0 aliphatic rings. The number of hydrogen-bond acceptors (Lipinski definition) is 3. The largest absolute Gasteiger partial charge is 0.268 e. The van der Waals surface area contributed by atoms with E-state index in [1.807, 2.05) is 13.8 Å². The Bertz CT molecular complexity index is 573. The fourth-order valence-electron chi connectivity index (χ4n) is 1.58. The zero-order valence-electron chi connectivity index (χ0n) is 11.5. The molecule has 1 aromatic carbocycles. The topological polar surface area (TPSA) is 54.5 Å². The van der Waals surface area contributed by atoms with Crippen LogP contribution in [0.3, 0.4) is 0 Å². The average molecular weight is 281 g/mol. The molecule has 0 saturated carbocycles. The van der Waals surface area contributed by atoms with Gasteiger partial charge in [-0.05, 0) is 32.4 Å². The second-order valence-corrected chi connectivity index (χ2v) is 6.34. The van der Waals surface area contributed by atoms with Gasteiger partial charge in [-0.1, -0.05) is 31.2 Å². The summed E-state index contributed by atoms with van der Waals surface area (Å²) in [6.07, 6.45) is 0.560. The van der Waals surface area contributed by atoms with Gasteiger partial charge >= 0.3 is 0 Å². The van der Waals surface area contributed by atoms with Gasteiger partial charge in [-0.2, -0.15) is 0 Å². The van der Waals surface area contributed by atoms with Crippen LogP contribution in [0.15, 0.2) is 41.3 Å². The molecule has 1 aromatic rings. The zero-order valence-corrected chi connectivity index (χ0v) is 12.3. The summed E-state index contributed by atoms with van der Waals surface area (Å²) in [5.74, 6) is -0.553. The molecule has 0 saturated heterocycles. The lowest BCUT2D eigenvalue weighted by atomic mass is 10.2. The molecule has 4 nitrogen and oxygen atoms in total. The number of amides is 1. The van der Waals surface area contributed by atoms with Crippen LogP contribution in [0.1, 0.15) is 25.8 Å². The Morgan fingerprint density at radius 3 is 2.21 bits per heavy atom. The first-order valence-corrected chi connectivity index (χ1v) is 7.54. The van der Waals surface area contributed by atoms with E-state index in [0.29, 0.717) is 6.42 Å². The van der Waals surface area contributed by atoms with Crippen LogP contribution >= 0.6 is 0 Å². The van der Waals surface area contributed by atoms with Gasteiger partial charge in [0.15, 0.2) is 0 Å². The molecule has 0 radical (unpaired) electrons. The highest BCUT2D eigenvalue weighted by Crippen LogP contribution is 2.18. The van der Waals surface area contributed by atoms with Gasteiger partial charge in [0.05, 0.1) is 4.90 Å². The van der Waals surface area contributed by atoms with Crippen LogP contribution in [-0.2, 0) is 14.8 Å². The summed E-state index contributed by atoms with van der Waals surface area (Å²) < 4.78 is 25.8. The van der Waals surface area contributed by atoms with Crippen molar-refractivity contribution < 1.29 is 13.2 Å². The van der Waals surface area contributed by atoms with E-state index in [9.17, 15) is 13.2 Å². The minimum atomic E-state index is -3.80. The molecular weight excluding hydrogens is 262 g/mol. The molecule has 19 heavy (non-hydrogen) atoms. The van der Waals surface area contributed by atoms with Crippen molar-refractivity contribution in [2.75, 3.05) is 6.54 Å². The first-order chi connectivity index (χ1) is 8.80.